The van der Waals surface area contributed by atoms with E-state index in [0.29, 0.717) is 23.8 Å². The average Bonchev–Trinajstić information content (AvgIpc) is 3.52. The lowest BCUT2D eigenvalue weighted by Crippen LogP contribution is -2.49. The van der Waals surface area contributed by atoms with Crippen molar-refractivity contribution in [1.29, 1.82) is 0 Å². The Morgan fingerprint density at radius 2 is 1.92 bits per heavy atom. The van der Waals surface area contributed by atoms with Crippen LogP contribution in [0, 0.1) is 19.7 Å². The van der Waals surface area contributed by atoms with Gasteiger partial charge in [0.05, 0.1) is 11.1 Å². The number of piperazine rings is 1. The van der Waals surface area contributed by atoms with Crippen LogP contribution in [0.15, 0.2) is 24.5 Å². The van der Waals surface area contributed by atoms with E-state index in [1.807, 2.05) is 26.1 Å². The van der Waals surface area contributed by atoms with Crippen LogP contribution in [0.5, 0.6) is 0 Å². The molecular weight excluding hydrogens is 487 g/mol. The molecule has 0 spiro atoms. The van der Waals surface area contributed by atoms with Gasteiger partial charge in [-0.15, -0.1) is 11.3 Å². The Balaban J connectivity index is 1.24. The van der Waals surface area contributed by atoms with Crippen molar-refractivity contribution in [2.45, 2.75) is 58.7 Å². The van der Waals surface area contributed by atoms with Crippen LogP contribution in [0.2, 0.25) is 0 Å². The van der Waals surface area contributed by atoms with Crippen molar-refractivity contribution < 1.29 is 4.39 Å². The predicted octanol–water partition coefficient (Wildman–Crippen LogP) is 5.48. The summed E-state index contributed by atoms with van der Waals surface area (Å²) in [6.45, 7) is 11.6. The van der Waals surface area contributed by atoms with Crippen LogP contribution in [-0.4, -0.2) is 67.0 Å². The largest absolute Gasteiger partial charge is 0.317 e. The van der Waals surface area contributed by atoms with Gasteiger partial charge < -0.3 is 14.8 Å². The number of fused-ring (bicyclic) bond motifs is 2. The number of anilines is 2. The molecule has 0 aliphatic carbocycles. The number of likely N-dealkylation sites (N-methyl/N-ethyl adjacent to an activating group) is 1. The van der Waals surface area contributed by atoms with Gasteiger partial charge in [-0.25, -0.2) is 24.3 Å². The molecule has 6 heterocycles. The summed E-state index contributed by atoms with van der Waals surface area (Å²) in [6, 6.07) is 5.43. The second kappa shape index (κ2) is 9.41. The highest BCUT2D eigenvalue weighted by atomic mass is 32.1. The Labute approximate surface area is 220 Å². The van der Waals surface area contributed by atoms with Crippen LogP contribution in [-0.2, 0) is 0 Å². The first-order chi connectivity index (χ1) is 17.8. The zero-order chi connectivity index (χ0) is 25.8. The summed E-state index contributed by atoms with van der Waals surface area (Å²) in [6.07, 6.45) is 5.57. The number of nitrogens with one attached hydrogen (secondary N) is 1. The van der Waals surface area contributed by atoms with Gasteiger partial charge in [0.2, 0.25) is 5.95 Å². The van der Waals surface area contributed by atoms with Crippen molar-refractivity contribution >= 4 is 33.5 Å². The van der Waals surface area contributed by atoms with E-state index in [1.54, 1.807) is 0 Å². The summed E-state index contributed by atoms with van der Waals surface area (Å²) in [5.74, 6) is 1.49. The molecule has 0 radical (unpaired) electrons. The van der Waals surface area contributed by atoms with Crippen LogP contribution in [0.25, 0.3) is 20.9 Å². The molecule has 0 amide bonds. The van der Waals surface area contributed by atoms with Crippen molar-refractivity contribution in [2.24, 2.45) is 0 Å². The monoisotopic (exact) mass is 520 g/mol. The molecule has 6 rings (SSSR count). The lowest BCUT2D eigenvalue weighted by Gasteiger charge is -2.38. The minimum atomic E-state index is -0.448. The van der Waals surface area contributed by atoms with Crippen LogP contribution in [0.4, 0.5) is 16.2 Å². The van der Waals surface area contributed by atoms with Gasteiger partial charge >= 0.3 is 0 Å². The topological polar surface area (TPSA) is 75.0 Å². The number of aromatic nitrogens is 5. The number of nitrogens with zero attached hydrogens (tertiary/aromatic N) is 7. The molecule has 0 aromatic carbocycles. The van der Waals surface area contributed by atoms with Gasteiger partial charge in [0.1, 0.15) is 27.7 Å². The Morgan fingerprint density at radius 1 is 1.08 bits per heavy atom. The Kier molecular flexibility index (Phi) is 6.21. The number of hydrogen-bond acceptors (Lipinski definition) is 8. The van der Waals surface area contributed by atoms with Gasteiger partial charge in [0.15, 0.2) is 5.82 Å². The molecule has 1 N–H and O–H groups in total. The van der Waals surface area contributed by atoms with Gasteiger partial charge in [0, 0.05) is 44.0 Å². The van der Waals surface area contributed by atoms with E-state index < -0.39 is 5.82 Å². The molecule has 2 aliphatic rings. The third-order valence-electron chi connectivity index (χ3n) is 7.73. The van der Waals surface area contributed by atoms with Gasteiger partial charge in [-0.2, -0.15) is 0 Å². The van der Waals surface area contributed by atoms with Crippen molar-refractivity contribution in [3.63, 3.8) is 0 Å². The third-order valence-corrected chi connectivity index (χ3v) is 9.02. The van der Waals surface area contributed by atoms with Crippen molar-refractivity contribution in [1.82, 2.24) is 34.3 Å². The Morgan fingerprint density at radius 3 is 2.68 bits per heavy atom. The van der Waals surface area contributed by atoms with E-state index in [-0.39, 0.29) is 11.7 Å². The molecule has 1 unspecified atom stereocenters. The minimum absolute atomic E-state index is 0.267. The molecule has 2 saturated heterocycles. The standard InChI is InChI=1S/C27H33FN8S/c1-15(2)36-17(4)31-23-16(3)25(37-26(23)36)24-20(28)13-30-27(33-24)32-22-9-6-18(12-29-22)21-8-7-19-14-34(5)10-11-35(19)21/h6,9,12-13,15,19,21H,7-8,10-11,14H2,1-5H3,(H,29,30,32,33)/t19-,21?/m0/s1. The summed E-state index contributed by atoms with van der Waals surface area (Å²) in [4.78, 5) is 25.0. The summed E-state index contributed by atoms with van der Waals surface area (Å²) in [5, 5.41) is 3.17. The third kappa shape index (κ3) is 4.30. The SMILES string of the molecule is Cc1c(-c2nc(Nc3ccc(C4CC[C@H]5CN(C)CCN45)cn3)ncc2F)sc2c1nc(C)n2C(C)C. The molecule has 2 fully saturated rings. The summed E-state index contributed by atoms with van der Waals surface area (Å²) < 4.78 is 17.1. The quantitative estimate of drug-likeness (QED) is 0.373. The molecule has 8 nitrogen and oxygen atoms in total. The van der Waals surface area contributed by atoms with Gasteiger partial charge in [-0.05, 0) is 64.8 Å². The van der Waals surface area contributed by atoms with E-state index >= 15 is 0 Å². The highest BCUT2D eigenvalue weighted by molar-refractivity contribution is 7.22. The smallest absolute Gasteiger partial charge is 0.229 e. The van der Waals surface area contributed by atoms with E-state index in [4.69, 9.17) is 4.98 Å². The number of hydrogen-bond donors (Lipinski definition) is 1. The molecule has 194 valence electrons. The number of rotatable bonds is 5. The molecule has 37 heavy (non-hydrogen) atoms. The first-order valence-electron chi connectivity index (χ1n) is 13.0. The summed E-state index contributed by atoms with van der Waals surface area (Å²) in [7, 11) is 2.21. The first-order valence-corrected chi connectivity index (χ1v) is 13.8. The lowest BCUT2D eigenvalue weighted by atomic mass is 10.1. The van der Waals surface area contributed by atoms with Gasteiger partial charge in [-0.1, -0.05) is 6.07 Å². The number of pyridine rings is 1. The maximum Gasteiger partial charge on any atom is 0.229 e. The van der Waals surface area contributed by atoms with Crippen molar-refractivity contribution in [2.75, 3.05) is 32.0 Å². The van der Waals surface area contributed by atoms with Crippen LogP contribution >= 0.6 is 11.3 Å². The second-order valence-corrected chi connectivity index (χ2v) is 11.6. The normalized spacial score (nSPS) is 20.7. The highest BCUT2D eigenvalue weighted by Gasteiger charge is 2.37. The van der Waals surface area contributed by atoms with Crippen molar-refractivity contribution in [3.8, 4) is 10.6 Å². The van der Waals surface area contributed by atoms with E-state index in [1.165, 1.54) is 35.9 Å². The zero-order valence-electron chi connectivity index (χ0n) is 22.0. The van der Waals surface area contributed by atoms with Crippen molar-refractivity contribution in [3.05, 3.63) is 47.3 Å². The highest BCUT2D eigenvalue weighted by Crippen LogP contribution is 2.40. The van der Waals surface area contributed by atoms with Gasteiger partial charge in [0.25, 0.3) is 0 Å². The molecule has 0 bridgehead atoms. The molecule has 2 aliphatic heterocycles. The number of halogens is 1. The predicted molar refractivity (Wildman–Crippen MR) is 146 cm³/mol. The van der Waals surface area contributed by atoms with Crippen LogP contribution < -0.4 is 5.32 Å². The molecule has 0 saturated carbocycles. The Hall–Kier alpha value is -2.95. The molecular formula is C27H33FN8S. The zero-order valence-corrected chi connectivity index (χ0v) is 22.8. The minimum Gasteiger partial charge on any atom is -0.317 e. The van der Waals surface area contributed by atoms with E-state index in [0.717, 1.165) is 46.2 Å². The number of imidazole rings is 1. The summed E-state index contributed by atoms with van der Waals surface area (Å²) >= 11 is 1.53. The molecule has 4 aromatic heterocycles. The fraction of sp³-hybridized carbons (Fsp3) is 0.481. The molecule has 2 atom stereocenters. The van der Waals surface area contributed by atoms with E-state index in [2.05, 4.69) is 61.6 Å². The van der Waals surface area contributed by atoms with E-state index in [9.17, 15) is 4.39 Å². The molecule has 4 aromatic rings. The average molecular weight is 521 g/mol. The maximum atomic E-state index is 14.9. The number of aryl methyl sites for hydroxylation is 2. The summed E-state index contributed by atoms with van der Waals surface area (Å²) in [5.41, 5.74) is 3.38. The Bertz CT molecular complexity index is 1440. The second-order valence-electron chi connectivity index (χ2n) is 10.6. The van der Waals surface area contributed by atoms with Crippen LogP contribution in [0.1, 0.15) is 55.7 Å². The van der Waals surface area contributed by atoms with Gasteiger partial charge in [-0.3, -0.25) is 4.90 Å². The fourth-order valence-electron chi connectivity index (χ4n) is 5.93. The molecule has 10 heteroatoms. The van der Waals surface area contributed by atoms with Crippen LogP contribution in [0.3, 0.4) is 0 Å². The fourth-order valence-corrected chi connectivity index (χ4v) is 7.34. The number of thiophene rings is 1. The first kappa shape index (κ1) is 24.4. The maximum absolute atomic E-state index is 14.9. The lowest BCUT2D eigenvalue weighted by molar-refractivity contribution is 0.0936.